The molecule has 1 aliphatic heterocycles. The monoisotopic (exact) mass is 221 g/mol. The molecule has 1 rings (SSSR count). The molecule has 6 heteroatoms. The minimum absolute atomic E-state index is 0.318. The van der Waals surface area contributed by atoms with Gasteiger partial charge in [-0.25, -0.2) is 13.6 Å². The molecule has 15 heavy (non-hydrogen) atoms. The predicted octanol–water partition coefficient (Wildman–Crippen LogP) is 0.774. The second-order valence-corrected chi connectivity index (χ2v) is 3.61. The van der Waals surface area contributed by atoms with E-state index in [2.05, 4.69) is 5.32 Å². The van der Waals surface area contributed by atoms with E-state index in [1.165, 1.54) is 4.90 Å². The van der Waals surface area contributed by atoms with Crippen LogP contribution in [0.15, 0.2) is 0 Å². The molecule has 1 fully saturated rings. The van der Waals surface area contributed by atoms with Crippen LogP contribution in [0.1, 0.15) is 19.3 Å². The standard InChI is InChI=1S/C9H17F2N3O/c10-8(11)7-3-1-2-6-14(7)9(15)13-5-4-12/h7-8H,1-6,12H2,(H,13,15). The summed E-state index contributed by atoms with van der Waals surface area (Å²) in [6.07, 6.45) is -0.531. The first-order chi connectivity index (χ1) is 7.16. The Bertz CT molecular complexity index is 214. The van der Waals surface area contributed by atoms with Gasteiger partial charge >= 0.3 is 6.03 Å². The number of nitrogens with zero attached hydrogens (tertiary/aromatic N) is 1. The lowest BCUT2D eigenvalue weighted by Crippen LogP contribution is -2.52. The zero-order valence-corrected chi connectivity index (χ0v) is 8.59. The summed E-state index contributed by atoms with van der Waals surface area (Å²) < 4.78 is 25.2. The van der Waals surface area contributed by atoms with E-state index in [9.17, 15) is 13.6 Å². The van der Waals surface area contributed by atoms with Crippen LogP contribution >= 0.6 is 0 Å². The van der Waals surface area contributed by atoms with Gasteiger partial charge < -0.3 is 16.0 Å². The first kappa shape index (κ1) is 12.2. The molecule has 0 aliphatic carbocycles. The first-order valence-electron chi connectivity index (χ1n) is 5.19. The van der Waals surface area contributed by atoms with Crippen molar-refractivity contribution in [2.45, 2.75) is 31.7 Å². The van der Waals surface area contributed by atoms with Gasteiger partial charge in [-0.15, -0.1) is 0 Å². The molecule has 0 bridgehead atoms. The summed E-state index contributed by atoms with van der Waals surface area (Å²) in [5.74, 6) is 0. The molecule has 0 aromatic rings. The van der Waals surface area contributed by atoms with E-state index in [4.69, 9.17) is 5.73 Å². The molecular formula is C9H17F2N3O. The minimum Gasteiger partial charge on any atom is -0.337 e. The van der Waals surface area contributed by atoms with Crippen LogP contribution < -0.4 is 11.1 Å². The highest BCUT2D eigenvalue weighted by Crippen LogP contribution is 2.22. The molecule has 3 N–H and O–H groups in total. The van der Waals surface area contributed by atoms with Crippen molar-refractivity contribution >= 4 is 6.03 Å². The van der Waals surface area contributed by atoms with Crippen molar-refractivity contribution in [3.05, 3.63) is 0 Å². The Morgan fingerprint density at radius 3 is 2.87 bits per heavy atom. The van der Waals surface area contributed by atoms with Crippen LogP contribution in [-0.4, -0.2) is 43.0 Å². The number of alkyl halides is 2. The molecule has 0 aromatic carbocycles. The number of halogens is 2. The average Bonchev–Trinajstić information content (AvgIpc) is 2.25. The van der Waals surface area contributed by atoms with Crippen LogP contribution in [0.2, 0.25) is 0 Å². The van der Waals surface area contributed by atoms with Gasteiger partial charge in [-0.05, 0) is 19.3 Å². The number of likely N-dealkylation sites (tertiary alicyclic amines) is 1. The lowest BCUT2D eigenvalue weighted by atomic mass is 10.0. The predicted molar refractivity (Wildman–Crippen MR) is 52.8 cm³/mol. The van der Waals surface area contributed by atoms with Gasteiger partial charge in [0, 0.05) is 19.6 Å². The normalized spacial score (nSPS) is 21.9. The zero-order valence-electron chi connectivity index (χ0n) is 8.59. The minimum atomic E-state index is -2.46. The molecule has 0 aromatic heterocycles. The molecule has 1 atom stereocenters. The highest BCUT2D eigenvalue weighted by atomic mass is 19.3. The summed E-state index contributed by atoms with van der Waals surface area (Å²) >= 11 is 0. The van der Waals surface area contributed by atoms with Crippen molar-refractivity contribution in [2.75, 3.05) is 19.6 Å². The molecule has 0 spiro atoms. The Hall–Kier alpha value is -0.910. The molecule has 1 aliphatic rings. The zero-order chi connectivity index (χ0) is 11.3. The average molecular weight is 221 g/mol. The fraction of sp³-hybridized carbons (Fsp3) is 0.889. The van der Waals surface area contributed by atoms with E-state index < -0.39 is 18.5 Å². The summed E-state index contributed by atoms with van der Waals surface area (Å²) in [4.78, 5) is 12.7. The van der Waals surface area contributed by atoms with Gasteiger partial charge in [0.25, 0.3) is 6.43 Å². The number of hydrogen-bond donors (Lipinski definition) is 2. The van der Waals surface area contributed by atoms with E-state index >= 15 is 0 Å². The number of nitrogens with two attached hydrogens (primary N) is 1. The highest BCUT2D eigenvalue weighted by molar-refractivity contribution is 5.74. The first-order valence-corrected chi connectivity index (χ1v) is 5.19. The second-order valence-electron chi connectivity index (χ2n) is 3.61. The topological polar surface area (TPSA) is 58.4 Å². The third-order valence-corrected chi connectivity index (χ3v) is 2.52. The lowest BCUT2D eigenvalue weighted by molar-refractivity contribution is 0.0236. The Morgan fingerprint density at radius 2 is 2.27 bits per heavy atom. The number of amides is 2. The molecule has 0 saturated carbocycles. The van der Waals surface area contributed by atoms with Gasteiger partial charge in [0.15, 0.2) is 0 Å². The van der Waals surface area contributed by atoms with Crippen molar-refractivity contribution in [3.8, 4) is 0 Å². The largest absolute Gasteiger partial charge is 0.337 e. The summed E-state index contributed by atoms with van der Waals surface area (Å²) in [7, 11) is 0. The van der Waals surface area contributed by atoms with Crippen molar-refractivity contribution in [2.24, 2.45) is 5.73 Å². The Balaban J connectivity index is 2.51. The highest BCUT2D eigenvalue weighted by Gasteiger charge is 2.32. The fourth-order valence-corrected chi connectivity index (χ4v) is 1.75. The lowest BCUT2D eigenvalue weighted by Gasteiger charge is -2.35. The van der Waals surface area contributed by atoms with E-state index in [1.807, 2.05) is 0 Å². The third-order valence-electron chi connectivity index (χ3n) is 2.52. The number of nitrogens with one attached hydrogen (secondary N) is 1. The van der Waals surface area contributed by atoms with Gasteiger partial charge in [-0.3, -0.25) is 0 Å². The molecule has 0 radical (unpaired) electrons. The summed E-state index contributed by atoms with van der Waals surface area (Å²) in [6.45, 7) is 1.05. The molecule has 88 valence electrons. The number of hydrogen-bond acceptors (Lipinski definition) is 2. The maximum absolute atomic E-state index is 12.6. The maximum atomic E-state index is 12.6. The second kappa shape index (κ2) is 5.85. The Labute approximate surface area is 87.8 Å². The van der Waals surface area contributed by atoms with Crippen LogP contribution in [0, 0.1) is 0 Å². The fourth-order valence-electron chi connectivity index (χ4n) is 1.75. The SMILES string of the molecule is NCCNC(=O)N1CCCCC1C(F)F. The molecule has 1 heterocycles. The number of rotatable bonds is 3. The van der Waals surface area contributed by atoms with Gasteiger partial charge in [-0.2, -0.15) is 0 Å². The van der Waals surface area contributed by atoms with E-state index in [0.29, 0.717) is 26.1 Å². The molecule has 1 unspecified atom stereocenters. The smallest absolute Gasteiger partial charge is 0.317 e. The summed E-state index contributed by atoms with van der Waals surface area (Å²) in [6, 6.07) is -1.36. The summed E-state index contributed by atoms with van der Waals surface area (Å²) in [5, 5.41) is 2.52. The van der Waals surface area contributed by atoms with E-state index in [1.54, 1.807) is 0 Å². The van der Waals surface area contributed by atoms with Gasteiger partial charge in [-0.1, -0.05) is 0 Å². The maximum Gasteiger partial charge on any atom is 0.317 e. The van der Waals surface area contributed by atoms with Crippen molar-refractivity contribution in [1.82, 2.24) is 10.2 Å². The van der Waals surface area contributed by atoms with Gasteiger partial charge in [0.05, 0.1) is 6.04 Å². The molecule has 1 saturated heterocycles. The quantitative estimate of drug-likeness (QED) is 0.739. The van der Waals surface area contributed by atoms with Crippen LogP contribution in [0.5, 0.6) is 0 Å². The third kappa shape index (κ3) is 3.30. The number of piperidine rings is 1. The molecular weight excluding hydrogens is 204 g/mol. The van der Waals surface area contributed by atoms with Crippen LogP contribution in [0.3, 0.4) is 0 Å². The molecule has 4 nitrogen and oxygen atoms in total. The van der Waals surface area contributed by atoms with E-state index in [0.717, 1.165) is 12.8 Å². The number of carbonyl (C=O) groups excluding carboxylic acids is 1. The van der Waals surface area contributed by atoms with Crippen molar-refractivity contribution < 1.29 is 13.6 Å². The number of urea groups is 1. The van der Waals surface area contributed by atoms with Crippen LogP contribution in [0.4, 0.5) is 13.6 Å². The van der Waals surface area contributed by atoms with Gasteiger partial charge in [0.2, 0.25) is 0 Å². The summed E-state index contributed by atoms with van der Waals surface area (Å²) in [5.41, 5.74) is 5.22. The van der Waals surface area contributed by atoms with E-state index in [-0.39, 0.29) is 0 Å². The van der Waals surface area contributed by atoms with Crippen molar-refractivity contribution in [3.63, 3.8) is 0 Å². The van der Waals surface area contributed by atoms with Crippen LogP contribution in [-0.2, 0) is 0 Å². The van der Waals surface area contributed by atoms with Crippen LogP contribution in [0.25, 0.3) is 0 Å². The van der Waals surface area contributed by atoms with Gasteiger partial charge in [0.1, 0.15) is 0 Å². The Kier molecular flexibility index (Phi) is 4.74. The number of carbonyl (C=O) groups is 1. The Morgan fingerprint density at radius 1 is 1.53 bits per heavy atom. The molecule has 2 amide bonds. The van der Waals surface area contributed by atoms with Crippen molar-refractivity contribution in [1.29, 1.82) is 0 Å².